The summed E-state index contributed by atoms with van der Waals surface area (Å²) in [6, 6.07) is 9.17. The van der Waals surface area contributed by atoms with E-state index in [1.807, 2.05) is 0 Å². The van der Waals surface area contributed by atoms with Gasteiger partial charge in [0, 0.05) is 19.2 Å². The van der Waals surface area contributed by atoms with Crippen molar-refractivity contribution in [1.82, 2.24) is 10.3 Å². The highest BCUT2D eigenvalue weighted by Crippen LogP contribution is 2.32. The summed E-state index contributed by atoms with van der Waals surface area (Å²) in [5.74, 6) is -2.89. The number of hydrogen-bond donors (Lipinski definition) is 2. The van der Waals surface area contributed by atoms with E-state index in [4.69, 9.17) is 9.29 Å². The molecule has 2 unspecified atom stereocenters. The number of amides is 1. The monoisotopic (exact) mass is 593 g/mol. The van der Waals surface area contributed by atoms with Gasteiger partial charge in [0.05, 0.1) is 17.2 Å². The summed E-state index contributed by atoms with van der Waals surface area (Å²) in [6.45, 7) is 0.719. The van der Waals surface area contributed by atoms with Crippen LogP contribution in [0.15, 0.2) is 54.6 Å². The summed E-state index contributed by atoms with van der Waals surface area (Å²) >= 11 is -2.47. The first-order valence-electron chi connectivity index (χ1n) is 11.4. The fraction of sp³-hybridized carbons (Fsp3) is 0.280. The Kier molecular flexibility index (Phi) is 9.40. The number of ether oxygens (including phenoxy) is 1. The number of nitrogens with zero attached hydrogens (tertiary/aromatic N) is 2. The molecule has 2 aromatic carbocycles. The summed E-state index contributed by atoms with van der Waals surface area (Å²) in [5, 5.41) is 2.51. The van der Waals surface area contributed by atoms with Crippen LogP contribution in [0, 0.1) is 5.82 Å². The largest absolute Gasteiger partial charge is 0.473 e. The molecule has 0 aliphatic heterocycles. The van der Waals surface area contributed by atoms with Gasteiger partial charge in [0.15, 0.2) is 0 Å². The van der Waals surface area contributed by atoms with Crippen LogP contribution in [0.1, 0.15) is 40.8 Å². The molecule has 3 rings (SSSR count). The maximum Gasteiger partial charge on any atom is 0.433 e. The van der Waals surface area contributed by atoms with Gasteiger partial charge in [-0.2, -0.15) is 26.3 Å². The molecule has 40 heavy (non-hydrogen) atoms. The number of carbonyl (C=O) groups is 1. The Labute approximate surface area is 226 Å². The molecule has 1 amide bonds. The van der Waals surface area contributed by atoms with Crippen LogP contribution in [0.5, 0.6) is 5.88 Å². The van der Waals surface area contributed by atoms with E-state index in [0.29, 0.717) is 6.07 Å². The van der Waals surface area contributed by atoms with E-state index < -0.39 is 65.0 Å². The number of halogens is 7. The lowest BCUT2D eigenvalue weighted by Gasteiger charge is -2.18. The number of nitrogens with one attached hydrogen (secondary N) is 1. The summed E-state index contributed by atoms with van der Waals surface area (Å²) in [5.41, 5.74) is -1.85. The summed E-state index contributed by atoms with van der Waals surface area (Å²) in [6.07, 6.45) is -9.37. The topological polar surface area (TPSA) is 91.8 Å². The quantitative estimate of drug-likeness (QED) is 0.241. The number of carbonyl (C=O) groups excluding carboxylic acids is 1. The van der Waals surface area contributed by atoms with Crippen molar-refractivity contribution in [2.75, 3.05) is 11.4 Å². The fourth-order valence-corrected chi connectivity index (χ4v) is 3.76. The third-order valence-corrected chi connectivity index (χ3v) is 6.44. The summed E-state index contributed by atoms with van der Waals surface area (Å²) in [4.78, 5) is 16.2. The molecular weight excluding hydrogens is 571 g/mol. The lowest BCUT2D eigenvalue weighted by atomic mass is 9.99. The lowest BCUT2D eigenvalue weighted by Crippen LogP contribution is -2.28. The van der Waals surface area contributed by atoms with E-state index >= 15 is 0 Å². The molecule has 0 aliphatic rings. The van der Waals surface area contributed by atoms with Gasteiger partial charge in [0.2, 0.25) is 11.8 Å². The van der Waals surface area contributed by atoms with Crippen molar-refractivity contribution >= 4 is 22.9 Å². The summed E-state index contributed by atoms with van der Waals surface area (Å²) < 4.78 is 119. The minimum atomic E-state index is -4.81. The number of anilines is 1. The molecule has 216 valence electrons. The van der Waals surface area contributed by atoms with Gasteiger partial charge in [-0.3, -0.25) is 13.7 Å². The molecule has 0 radical (unpaired) electrons. The average Bonchev–Trinajstić information content (AvgIpc) is 2.89. The third kappa shape index (κ3) is 7.69. The molecule has 7 nitrogen and oxygen atoms in total. The normalized spacial score (nSPS) is 13.4. The SMILES string of the molecule is CC(C(=O)NCc1ccc(C(F)(F)F)nc1OCc1ccc(C(F)(F)F)cc1)c1ccc(N(C)S(=O)O)c(F)c1. The van der Waals surface area contributed by atoms with E-state index in [0.717, 1.165) is 40.7 Å². The van der Waals surface area contributed by atoms with Gasteiger partial charge in [0.25, 0.3) is 11.3 Å². The number of benzene rings is 2. The van der Waals surface area contributed by atoms with Crippen LogP contribution in [-0.4, -0.2) is 26.7 Å². The van der Waals surface area contributed by atoms with E-state index in [9.17, 15) is 39.7 Å². The van der Waals surface area contributed by atoms with Crippen molar-refractivity contribution < 1.29 is 49.0 Å². The van der Waals surface area contributed by atoms with Crippen molar-refractivity contribution in [3.63, 3.8) is 0 Å². The smallest absolute Gasteiger partial charge is 0.433 e. The highest BCUT2D eigenvalue weighted by atomic mass is 32.2. The molecular formula is C25H22F7N3O4S. The molecule has 2 N–H and O–H groups in total. The Morgan fingerprint density at radius 1 is 1.05 bits per heavy atom. The van der Waals surface area contributed by atoms with E-state index in [2.05, 4.69) is 10.3 Å². The number of alkyl halides is 6. The molecule has 0 bridgehead atoms. The Morgan fingerprint density at radius 3 is 2.25 bits per heavy atom. The van der Waals surface area contributed by atoms with Crippen molar-refractivity contribution in [3.05, 3.63) is 88.4 Å². The van der Waals surface area contributed by atoms with Crippen LogP contribution in [0.25, 0.3) is 0 Å². The number of pyridine rings is 1. The average molecular weight is 594 g/mol. The van der Waals surface area contributed by atoms with Crippen molar-refractivity contribution in [2.24, 2.45) is 0 Å². The first kappa shape index (κ1) is 30.8. The Balaban J connectivity index is 1.75. The number of aromatic nitrogens is 1. The predicted octanol–water partition coefficient (Wildman–Crippen LogP) is 5.83. The molecule has 3 aromatic rings. The van der Waals surface area contributed by atoms with Crippen LogP contribution in [0.3, 0.4) is 0 Å². The zero-order valence-corrected chi connectivity index (χ0v) is 21.6. The second-order valence-electron chi connectivity index (χ2n) is 8.52. The second-order valence-corrected chi connectivity index (χ2v) is 9.53. The zero-order valence-electron chi connectivity index (χ0n) is 20.8. The maximum atomic E-state index is 14.4. The second kappa shape index (κ2) is 12.2. The van der Waals surface area contributed by atoms with Crippen LogP contribution in [-0.2, 0) is 41.6 Å². The number of hydrogen-bond acceptors (Lipinski definition) is 4. The summed E-state index contributed by atoms with van der Waals surface area (Å²) in [7, 11) is 1.19. The Morgan fingerprint density at radius 2 is 1.70 bits per heavy atom. The third-order valence-electron chi connectivity index (χ3n) is 5.78. The van der Waals surface area contributed by atoms with E-state index in [-0.39, 0.29) is 28.9 Å². The molecule has 0 saturated heterocycles. The van der Waals surface area contributed by atoms with Gasteiger partial charge < -0.3 is 10.1 Å². The van der Waals surface area contributed by atoms with Crippen molar-refractivity contribution in [3.8, 4) is 5.88 Å². The minimum absolute atomic E-state index is 0.0500. The van der Waals surface area contributed by atoms with Crippen molar-refractivity contribution in [2.45, 2.75) is 38.3 Å². The molecule has 1 heterocycles. The van der Waals surface area contributed by atoms with Crippen LogP contribution >= 0.6 is 0 Å². The number of rotatable bonds is 9. The minimum Gasteiger partial charge on any atom is -0.473 e. The van der Waals surface area contributed by atoms with Crippen LogP contribution < -0.4 is 14.4 Å². The predicted molar refractivity (Wildman–Crippen MR) is 131 cm³/mol. The Hall–Kier alpha value is -3.72. The van der Waals surface area contributed by atoms with Gasteiger partial charge >= 0.3 is 12.4 Å². The molecule has 0 fully saturated rings. The first-order chi connectivity index (χ1) is 18.6. The fourth-order valence-electron chi connectivity index (χ4n) is 3.45. The molecule has 0 saturated carbocycles. The van der Waals surface area contributed by atoms with E-state index in [1.54, 1.807) is 0 Å². The van der Waals surface area contributed by atoms with Crippen molar-refractivity contribution in [1.29, 1.82) is 0 Å². The molecule has 15 heteroatoms. The molecule has 2 atom stereocenters. The maximum absolute atomic E-state index is 14.4. The highest BCUT2D eigenvalue weighted by Gasteiger charge is 2.33. The van der Waals surface area contributed by atoms with Crippen LogP contribution in [0.4, 0.5) is 36.4 Å². The van der Waals surface area contributed by atoms with Gasteiger partial charge in [-0.15, -0.1) is 0 Å². The van der Waals surface area contributed by atoms with Gasteiger partial charge in [-0.1, -0.05) is 18.2 Å². The van der Waals surface area contributed by atoms with Gasteiger partial charge in [0.1, 0.15) is 18.1 Å². The van der Waals surface area contributed by atoms with Gasteiger partial charge in [-0.25, -0.2) is 13.6 Å². The molecule has 0 aliphatic carbocycles. The zero-order chi connectivity index (χ0) is 29.8. The molecule has 0 spiro atoms. The van der Waals surface area contributed by atoms with E-state index in [1.165, 1.54) is 26.1 Å². The Bertz CT molecular complexity index is 1380. The molecule has 1 aromatic heterocycles. The van der Waals surface area contributed by atoms with Gasteiger partial charge in [-0.05, 0) is 54.4 Å². The lowest BCUT2D eigenvalue weighted by molar-refractivity contribution is -0.141. The highest BCUT2D eigenvalue weighted by molar-refractivity contribution is 7.80. The standard InChI is InChI=1S/C25H22F7N3O4S/c1-14(16-5-9-20(19(26)11-16)35(2)40(37)38)22(36)33-12-17-6-10-21(25(30,31)32)34-23(17)39-13-15-3-7-18(8-4-15)24(27,28)29/h3-11,14H,12-13H2,1-2H3,(H,33,36)(H,37,38). The first-order valence-corrected chi connectivity index (χ1v) is 12.4. The van der Waals surface area contributed by atoms with Crippen LogP contribution in [0.2, 0.25) is 0 Å².